The van der Waals surface area contributed by atoms with Crippen LogP contribution in [0.3, 0.4) is 0 Å². The van der Waals surface area contributed by atoms with Gasteiger partial charge in [-0.2, -0.15) is 0 Å². The molecule has 13 heteroatoms. The van der Waals surface area contributed by atoms with E-state index >= 15 is 0 Å². The van der Waals surface area contributed by atoms with Crippen LogP contribution in [-0.4, -0.2) is 37.0 Å². The number of carbonyl (C=O) groups excluding carboxylic acids is 5. The minimum atomic E-state index is -0.980. The topological polar surface area (TPSA) is 171 Å². The van der Waals surface area contributed by atoms with Gasteiger partial charge in [0.05, 0.1) is 7.11 Å². The van der Waals surface area contributed by atoms with E-state index in [0.29, 0.717) is 0 Å². The van der Waals surface area contributed by atoms with Crippen LogP contribution < -0.4 is 33.8 Å². The molecule has 2 aromatic carbocycles. The van der Waals surface area contributed by atoms with Gasteiger partial charge in [-0.25, -0.2) is 0 Å². The summed E-state index contributed by atoms with van der Waals surface area (Å²) in [6.07, 6.45) is 0. The first-order chi connectivity index (χ1) is 18.3. The third-order valence-corrected chi connectivity index (χ3v) is 4.69. The number of rotatable bonds is 7. The number of hydrogen-bond donors (Lipinski definition) is 0. The first kappa shape index (κ1) is 28.4. The van der Waals surface area contributed by atoms with Crippen molar-refractivity contribution in [2.24, 2.45) is 0 Å². The maximum absolute atomic E-state index is 13.7. The van der Waals surface area contributed by atoms with E-state index in [4.69, 9.17) is 32.8 Å². The maximum atomic E-state index is 13.7. The second-order valence-electron chi connectivity index (χ2n) is 7.83. The zero-order valence-electron chi connectivity index (χ0n) is 21.6. The Morgan fingerprint density at radius 2 is 1.13 bits per heavy atom. The molecule has 0 fully saturated rings. The smallest absolute Gasteiger partial charge is 0.308 e. The number of carbonyl (C=O) groups is 5. The first-order valence-corrected chi connectivity index (χ1v) is 11.1. The summed E-state index contributed by atoms with van der Waals surface area (Å²) in [7, 11) is 1.23. The van der Waals surface area contributed by atoms with Gasteiger partial charge in [-0.3, -0.25) is 28.8 Å². The molecule has 1 aromatic heterocycles. The Balaban J connectivity index is 2.50. The van der Waals surface area contributed by atoms with E-state index in [-0.39, 0.29) is 40.1 Å². The van der Waals surface area contributed by atoms with Crippen molar-refractivity contribution < 1.29 is 56.8 Å². The molecule has 0 bridgehead atoms. The molecule has 0 aliphatic heterocycles. The minimum absolute atomic E-state index is 0.0167. The van der Waals surface area contributed by atoms with Crippen LogP contribution in [0.4, 0.5) is 0 Å². The van der Waals surface area contributed by atoms with E-state index in [1.165, 1.54) is 25.3 Å². The largest absolute Gasteiger partial charge is 0.493 e. The molecular weight excluding hydrogens is 520 g/mol. The lowest BCUT2D eigenvalue weighted by Gasteiger charge is -2.16. The van der Waals surface area contributed by atoms with Crippen molar-refractivity contribution in [1.29, 1.82) is 0 Å². The summed E-state index contributed by atoms with van der Waals surface area (Å²) < 4.78 is 37.0. The molecule has 0 spiro atoms. The van der Waals surface area contributed by atoms with Gasteiger partial charge >= 0.3 is 29.8 Å². The van der Waals surface area contributed by atoms with Crippen molar-refractivity contribution >= 4 is 40.8 Å². The fourth-order valence-corrected chi connectivity index (χ4v) is 3.45. The van der Waals surface area contributed by atoms with Gasteiger partial charge in [0, 0.05) is 46.2 Å². The normalized spacial score (nSPS) is 10.4. The van der Waals surface area contributed by atoms with Crippen LogP contribution in [0.15, 0.2) is 33.5 Å². The van der Waals surface area contributed by atoms with Gasteiger partial charge in [0.25, 0.3) is 0 Å². The SMILES string of the molecule is COc1cc(OC(C)=O)c2c(=O)c(OC(C)=O)c(-c3ccc(OC(C)=O)c(OC(C)=O)c3)oc2c1OC(C)=O. The molecule has 0 aliphatic rings. The standard InChI is InChI=1S/C26H22O13/c1-11(27)34-17-8-7-16(9-18(17)35-12(2)28)23-26(38-15(5)31)22(32)21-19(36-13(3)29)10-20(33-6)24(25(21)39-23)37-14(4)30/h7-10H,1-6H3. The number of fused-ring (bicyclic) bond motifs is 1. The molecule has 0 atom stereocenters. The monoisotopic (exact) mass is 542 g/mol. The highest BCUT2D eigenvalue weighted by molar-refractivity contribution is 5.96. The molecule has 0 saturated heterocycles. The highest BCUT2D eigenvalue weighted by atomic mass is 16.6. The lowest BCUT2D eigenvalue weighted by atomic mass is 10.1. The molecule has 39 heavy (non-hydrogen) atoms. The van der Waals surface area contributed by atoms with Crippen molar-refractivity contribution in [3.05, 3.63) is 34.5 Å². The summed E-state index contributed by atoms with van der Waals surface area (Å²) >= 11 is 0. The van der Waals surface area contributed by atoms with Gasteiger partial charge in [-0.1, -0.05) is 0 Å². The van der Waals surface area contributed by atoms with Gasteiger partial charge in [0.2, 0.25) is 16.9 Å². The molecular formula is C26H22O13. The van der Waals surface area contributed by atoms with Crippen molar-refractivity contribution in [2.45, 2.75) is 34.6 Å². The Morgan fingerprint density at radius 1 is 0.615 bits per heavy atom. The lowest BCUT2D eigenvalue weighted by molar-refractivity contribution is -0.134. The first-order valence-electron chi connectivity index (χ1n) is 11.1. The molecule has 0 unspecified atom stereocenters. The van der Waals surface area contributed by atoms with Gasteiger partial charge < -0.3 is 32.8 Å². The number of esters is 5. The van der Waals surface area contributed by atoms with E-state index in [0.717, 1.165) is 40.7 Å². The van der Waals surface area contributed by atoms with Crippen LogP contribution in [-0.2, 0) is 24.0 Å². The van der Waals surface area contributed by atoms with E-state index in [2.05, 4.69) is 0 Å². The van der Waals surface area contributed by atoms with E-state index < -0.39 is 52.0 Å². The summed E-state index contributed by atoms with van der Waals surface area (Å²) in [5.41, 5.74) is -1.36. The molecule has 3 rings (SSSR count). The number of hydrogen-bond acceptors (Lipinski definition) is 13. The average Bonchev–Trinajstić information content (AvgIpc) is 2.81. The van der Waals surface area contributed by atoms with Crippen molar-refractivity contribution in [3.8, 4) is 45.8 Å². The Hall–Kier alpha value is -5.20. The van der Waals surface area contributed by atoms with Crippen LogP contribution in [0, 0.1) is 0 Å². The fraction of sp³-hybridized carbons (Fsp3) is 0.231. The van der Waals surface area contributed by atoms with E-state index in [9.17, 15) is 28.8 Å². The molecule has 0 amide bonds. The van der Waals surface area contributed by atoms with Crippen LogP contribution in [0.2, 0.25) is 0 Å². The van der Waals surface area contributed by atoms with Crippen LogP contribution in [0.25, 0.3) is 22.3 Å². The number of methoxy groups -OCH3 is 1. The number of benzene rings is 2. The summed E-state index contributed by atoms with van der Waals surface area (Å²) in [5.74, 6) is -6.11. The molecule has 3 aromatic rings. The number of ether oxygens (including phenoxy) is 6. The molecule has 0 N–H and O–H groups in total. The highest BCUT2D eigenvalue weighted by Gasteiger charge is 2.29. The van der Waals surface area contributed by atoms with Crippen LogP contribution in [0.1, 0.15) is 34.6 Å². The fourth-order valence-electron chi connectivity index (χ4n) is 3.45. The Labute approximate surface area is 220 Å². The predicted molar refractivity (Wildman–Crippen MR) is 131 cm³/mol. The molecule has 1 heterocycles. The quantitative estimate of drug-likeness (QED) is 0.315. The van der Waals surface area contributed by atoms with Gasteiger partial charge in [0.15, 0.2) is 28.6 Å². The lowest BCUT2D eigenvalue weighted by Crippen LogP contribution is -2.16. The van der Waals surface area contributed by atoms with Crippen molar-refractivity contribution in [3.63, 3.8) is 0 Å². The third-order valence-electron chi connectivity index (χ3n) is 4.69. The molecule has 0 saturated carbocycles. The van der Waals surface area contributed by atoms with Crippen molar-refractivity contribution in [2.75, 3.05) is 7.11 Å². The maximum Gasteiger partial charge on any atom is 0.308 e. The Morgan fingerprint density at radius 3 is 1.67 bits per heavy atom. The Bertz CT molecular complexity index is 1580. The predicted octanol–water partition coefficient (Wildman–Crippen LogP) is 3.10. The molecule has 13 nitrogen and oxygen atoms in total. The van der Waals surface area contributed by atoms with Crippen LogP contribution >= 0.6 is 0 Å². The molecule has 0 radical (unpaired) electrons. The second kappa shape index (κ2) is 11.5. The molecule has 0 aliphatic carbocycles. The third kappa shape index (κ3) is 6.39. The summed E-state index contributed by atoms with van der Waals surface area (Å²) in [6.45, 7) is 5.46. The zero-order chi connectivity index (χ0) is 29.0. The minimum Gasteiger partial charge on any atom is -0.493 e. The van der Waals surface area contributed by atoms with E-state index in [1.54, 1.807) is 0 Å². The highest BCUT2D eigenvalue weighted by Crippen LogP contribution is 2.45. The summed E-state index contributed by atoms with van der Waals surface area (Å²) in [6, 6.07) is 4.89. The Kier molecular flexibility index (Phi) is 8.34. The van der Waals surface area contributed by atoms with Crippen molar-refractivity contribution in [1.82, 2.24) is 0 Å². The average molecular weight is 542 g/mol. The second-order valence-corrected chi connectivity index (χ2v) is 7.83. The zero-order valence-corrected chi connectivity index (χ0v) is 21.6. The molecule has 204 valence electrons. The summed E-state index contributed by atoms with van der Waals surface area (Å²) in [5, 5.41) is -0.404. The van der Waals surface area contributed by atoms with Crippen LogP contribution in [0.5, 0.6) is 34.5 Å². The van der Waals surface area contributed by atoms with E-state index in [1.807, 2.05) is 0 Å². The summed E-state index contributed by atoms with van der Waals surface area (Å²) in [4.78, 5) is 72.5. The van der Waals surface area contributed by atoms with Gasteiger partial charge in [-0.05, 0) is 18.2 Å². The van der Waals surface area contributed by atoms with Gasteiger partial charge in [-0.15, -0.1) is 0 Å². The van der Waals surface area contributed by atoms with Gasteiger partial charge in [0.1, 0.15) is 11.1 Å².